The molecule has 4 heteroatoms. The second-order valence-corrected chi connectivity index (χ2v) is 4.86. The first-order valence-corrected chi connectivity index (χ1v) is 6.71. The van der Waals surface area contributed by atoms with Crippen LogP contribution in [0.25, 0.3) is 0 Å². The Morgan fingerprint density at radius 1 is 1.14 bits per heavy atom. The molecule has 1 aliphatic rings. The summed E-state index contributed by atoms with van der Waals surface area (Å²) in [6.07, 6.45) is 1.55. The van der Waals surface area contributed by atoms with Crippen LogP contribution >= 0.6 is 0 Å². The van der Waals surface area contributed by atoms with Crippen molar-refractivity contribution in [2.45, 2.75) is 12.5 Å². The van der Waals surface area contributed by atoms with Crippen molar-refractivity contribution < 1.29 is 19.1 Å². The van der Waals surface area contributed by atoms with Gasteiger partial charge in [0.25, 0.3) is 0 Å². The zero-order valence-corrected chi connectivity index (χ0v) is 11.3. The Kier molecular flexibility index (Phi) is 3.79. The molecule has 0 saturated carbocycles. The minimum atomic E-state index is -0.446. The molecular weight excluding hydrogens is 268 g/mol. The lowest BCUT2D eigenvalue weighted by Crippen LogP contribution is -2.24. The van der Waals surface area contributed by atoms with Crippen LogP contribution in [0.3, 0.4) is 0 Å². The molecular formula is C17H14O4. The third-order valence-corrected chi connectivity index (χ3v) is 3.46. The molecule has 0 aliphatic heterocycles. The van der Waals surface area contributed by atoms with Gasteiger partial charge in [0.2, 0.25) is 0 Å². The Morgan fingerprint density at radius 2 is 1.90 bits per heavy atom. The molecule has 2 aromatic rings. The van der Waals surface area contributed by atoms with Crippen molar-refractivity contribution >= 4 is 12.3 Å². The predicted octanol–water partition coefficient (Wildman–Crippen LogP) is 2.72. The third kappa shape index (κ3) is 3.01. The van der Waals surface area contributed by atoms with Crippen LogP contribution in [0, 0.1) is 0 Å². The number of esters is 1. The fourth-order valence-corrected chi connectivity index (χ4v) is 2.31. The average molecular weight is 282 g/mol. The molecule has 4 nitrogen and oxygen atoms in total. The summed E-state index contributed by atoms with van der Waals surface area (Å²) in [4.78, 5) is 22.2. The Bertz CT molecular complexity index is 661. The number of ether oxygens (including phenoxy) is 2. The molecule has 0 bridgehead atoms. The molecule has 0 amide bonds. The molecule has 0 aromatic heterocycles. The summed E-state index contributed by atoms with van der Waals surface area (Å²) < 4.78 is 10.7. The van der Waals surface area contributed by atoms with E-state index in [1.807, 2.05) is 18.2 Å². The number of hydrogen-bond donors (Lipinski definition) is 0. The van der Waals surface area contributed by atoms with Gasteiger partial charge in [-0.1, -0.05) is 24.3 Å². The molecule has 0 saturated heterocycles. The SMILES string of the molecule is O=Cc1ccc(OC(=O)COC2Cc3ccccc32)cc1. The van der Waals surface area contributed by atoms with Crippen molar-refractivity contribution in [2.75, 3.05) is 6.61 Å². The molecule has 0 heterocycles. The largest absolute Gasteiger partial charge is 0.425 e. The van der Waals surface area contributed by atoms with Crippen molar-refractivity contribution in [1.29, 1.82) is 0 Å². The van der Waals surface area contributed by atoms with E-state index in [-0.39, 0.29) is 12.7 Å². The van der Waals surface area contributed by atoms with Gasteiger partial charge in [0.05, 0.1) is 6.10 Å². The van der Waals surface area contributed by atoms with E-state index in [0.29, 0.717) is 11.3 Å². The summed E-state index contributed by atoms with van der Waals surface area (Å²) in [5.41, 5.74) is 2.94. The number of carbonyl (C=O) groups is 2. The highest BCUT2D eigenvalue weighted by atomic mass is 16.6. The highest BCUT2D eigenvalue weighted by molar-refractivity contribution is 5.76. The zero-order valence-electron chi connectivity index (χ0n) is 11.3. The summed E-state index contributed by atoms with van der Waals surface area (Å²) in [6, 6.07) is 14.4. The normalized spacial score (nSPS) is 15.7. The number of benzene rings is 2. The van der Waals surface area contributed by atoms with E-state index in [9.17, 15) is 9.59 Å². The van der Waals surface area contributed by atoms with Gasteiger partial charge in [-0.15, -0.1) is 0 Å². The highest BCUT2D eigenvalue weighted by Crippen LogP contribution is 2.35. The first-order valence-electron chi connectivity index (χ1n) is 6.71. The summed E-state index contributed by atoms with van der Waals surface area (Å²) in [7, 11) is 0. The van der Waals surface area contributed by atoms with Gasteiger partial charge in [0, 0.05) is 12.0 Å². The topological polar surface area (TPSA) is 52.6 Å². The van der Waals surface area contributed by atoms with Gasteiger partial charge in [-0.2, -0.15) is 0 Å². The predicted molar refractivity (Wildman–Crippen MR) is 76.3 cm³/mol. The maximum atomic E-state index is 11.7. The monoisotopic (exact) mass is 282 g/mol. The Hall–Kier alpha value is -2.46. The molecule has 0 fully saturated rings. The first kappa shape index (κ1) is 13.5. The van der Waals surface area contributed by atoms with Crippen molar-refractivity contribution in [1.82, 2.24) is 0 Å². The third-order valence-electron chi connectivity index (χ3n) is 3.46. The summed E-state index contributed by atoms with van der Waals surface area (Å²) in [5, 5.41) is 0. The minimum absolute atomic E-state index is 0.0220. The van der Waals surface area contributed by atoms with Crippen LogP contribution in [-0.2, 0) is 16.0 Å². The molecule has 1 unspecified atom stereocenters. The average Bonchev–Trinajstić information content (AvgIpc) is 2.49. The van der Waals surface area contributed by atoms with E-state index >= 15 is 0 Å². The Labute approximate surface area is 122 Å². The fourth-order valence-electron chi connectivity index (χ4n) is 2.31. The second-order valence-electron chi connectivity index (χ2n) is 4.86. The van der Waals surface area contributed by atoms with E-state index in [0.717, 1.165) is 18.3 Å². The molecule has 2 aromatic carbocycles. The fraction of sp³-hybridized carbons (Fsp3) is 0.176. The highest BCUT2D eigenvalue weighted by Gasteiger charge is 2.26. The maximum Gasteiger partial charge on any atom is 0.337 e. The van der Waals surface area contributed by atoms with Crippen LogP contribution < -0.4 is 4.74 Å². The standard InChI is InChI=1S/C17H14O4/c18-10-12-5-7-14(8-6-12)21-17(19)11-20-16-9-13-3-1-2-4-15(13)16/h1-8,10,16H,9,11H2. The van der Waals surface area contributed by atoms with Crippen LogP contribution in [0.15, 0.2) is 48.5 Å². The molecule has 21 heavy (non-hydrogen) atoms. The smallest absolute Gasteiger partial charge is 0.337 e. The van der Waals surface area contributed by atoms with Crippen molar-refractivity contribution in [3.8, 4) is 5.75 Å². The lowest BCUT2D eigenvalue weighted by Gasteiger charge is -2.29. The Morgan fingerprint density at radius 3 is 2.62 bits per heavy atom. The molecule has 3 rings (SSSR count). The van der Waals surface area contributed by atoms with Crippen LogP contribution in [-0.4, -0.2) is 18.9 Å². The first-order chi connectivity index (χ1) is 10.3. The molecule has 0 N–H and O–H groups in total. The van der Waals surface area contributed by atoms with Gasteiger partial charge >= 0.3 is 5.97 Å². The number of aldehydes is 1. The number of rotatable bonds is 5. The second kappa shape index (κ2) is 5.89. The van der Waals surface area contributed by atoms with Gasteiger partial charge in [0.15, 0.2) is 0 Å². The molecule has 106 valence electrons. The zero-order chi connectivity index (χ0) is 14.7. The quantitative estimate of drug-likeness (QED) is 0.480. The summed E-state index contributed by atoms with van der Waals surface area (Å²) in [5.74, 6) is -0.0403. The maximum absolute atomic E-state index is 11.7. The van der Waals surface area contributed by atoms with Gasteiger partial charge in [0.1, 0.15) is 18.6 Å². The van der Waals surface area contributed by atoms with Gasteiger partial charge in [-0.3, -0.25) is 4.79 Å². The minimum Gasteiger partial charge on any atom is -0.425 e. The number of carbonyl (C=O) groups excluding carboxylic acids is 2. The van der Waals surface area contributed by atoms with Crippen molar-refractivity contribution in [2.24, 2.45) is 0 Å². The molecule has 0 radical (unpaired) electrons. The van der Waals surface area contributed by atoms with E-state index in [2.05, 4.69) is 6.07 Å². The van der Waals surface area contributed by atoms with Crippen LogP contribution in [0.4, 0.5) is 0 Å². The molecule has 1 atom stereocenters. The van der Waals surface area contributed by atoms with Crippen LogP contribution in [0.2, 0.25) is 0 Å². The van der Waals surface area contributed by atoms with E-state index < -0.39 is 5.97 Å². The van der Waals surface area contributed by atoms with Gasteiger partial charge < -0.3 is 9.47 Å². The van der Waals surface area contributed by atoms with Crippen LogP contribution in [0.5, 0.6) is 5.75 Å². The molecule has 1 aliphatic carbocycles. The van der Waals surface area contributed by atoms with Crippen molar-refractivity contribution in [3.63, 3.8) is 0 Å². The van der Waals surface area contributed by atoms with E-state index in [1.54, 1.807) is 24.3 Å². The van der Waals surface area contributed by atoms with Gasteiger partial charge in [-0.05, 0) is 35.4 Å². The number of hydrogen-bond acceptors (Lipinski definition) is 4. The summed E-state index contributed by atoms with van der Waals surface area (Å²) >= 11 is 0. The van der Waals surface area contributed by atoms with Crippen molar-refractivity contribution in [3.05, 3.63) is 65.2 Å². The summed E-state index contributed by atoms with van der Waals surface area (Å²) in [6.45, 7) is -0.0889. The van der Waals surface area contributed by atoms with E-state index in [1.165, 1.54) is 5.56 Å². The number of fused-ring (bicyclic) bond motifs is 1. The van der Waals surface area contributed by atoms with E-state index in [4.69, 9.17) is 9.47 Å². The Balaban J connectivity index is 1.50. The van der Waals surface area contributed by atoms with Gasteiger partial charge in [-0.25, -0.2) is 4.79 Å². The lowest BCUT2D eigenvalue weighted by molar-refractivity contribution is -0.142. The van der Waals surface area contributed by atoms with Crippen LogP contribution in [0.1, 0.15) is 27.6 Å². The molecule has 0 spiro atoms. The lowest BCUT2D eigenvalue weighted by atomic mass is 9.85.